The van der Waals surface area contributed by atoms with Gasteiger partial charge < -0.3 is 25.4 Å². The Morgan fingerprint density at radius 2 is 2.03 bits per heavy atom. The predicted molar refractivity (Wildman–Crippen MR) is 133 cm³/mol. The number of hydrogen-bond donors (Lipinski definition) is 3. The van der Waals surface area contributed by atoms with Gasteiger partial charge in [-0.1, -0.05) is 34.8 Å². The number of benzene rings is 1. The van der Waals surface area contributed by atoms with Crippen molar-refractivity contribution in [3.8, 4) is 5.75 Å². The molecule has 4 rings (SSSR count). The van der Waals surface area contributed by atoms with E-state index in [2.05, 4.69) is 25.9 Å². The first-order valence-electron chi connectivity index (χ1n) is 9.74. The van der Waals surface area contributed by atoms with Crippen LogP contribution in [0.15, 0.2) is 24.4 Å². The number of hydrogen-bond acceptors (Lipinski definition) is 9. The minimum Gasteiger partial charge on any atom is -0.449 e. The molecule has 0 saturated carbocycles. The second-order valence-corrected chi connectivity index (χ2v) is 9.53. The lowest BCUT2D eigenvalue weighted by Gasteiger charge is -2.17. The maximum Gasteiger partial charge on any atom is 0.414 e. The van der Waals surface area contributed by atoms with Crippen LogP contribution in [0.2, 0.25) is 13.7 Å². The van der Waals surface area contributed by atoms with Gasteiger partial charge in [0.2, 0.25) is 5.95 Å². The SMILES string of the molecule is CNC(=O)Oc1c(Cl)sc(Cl)c1Nc1nc(Nc2ccc3c(c2)CCOC(=O)N3C)ncc1Cl. The standard InChI is InChI=1S/C20H17Cl3N6O4S/c1-24-19(30)33-14-13(15(22)34-16(14)23)27-17-11(21)8-25-18(28-17)26-10-3-4-12-9(7-10)5-6-32-20(31)29(12)2/h3-4,7-8H,5-6H2,1-2H3,(H,24,30)(H2,25,26,27,28). The Bertz CT molecular complexity index is 1270. The Morgan fingerprint density at radius 1 is 1.24 bits per heavy atom. The Hall–Kier alpha value is -2.99. The second kappa shape index (κ2) is 10.1. The molecule has 34 heavy (non-hydrogen) atoms. The van der Waals surface area contributed by atoms with E-state index < -0.39 is 12.2 Å². The van der Waals surface area contributed by atoms with Crippen LogP contribution in [0.3, 0.4) is 0 Å². The third-order valence-corrected chi connectivity index (χ3v) is 6.58. The molecule has 0 atom stereocenters. The van der Waals surface area contributed by atoms with Crippen molar-refractivity contribution in [3.05, 3.63) is 43.7 Å². The highest BCUT2D eigenvalue weighted by molar-refractivity contribution is 7.21. The van der Waals surface area contributed by atoms with Gasteiger partial charge in [0.15, 0.2) is 11.6 Å². The average molecular weight is 544 g/mol. The number of rotatable bonds is 5. The third kappa shape index (κ3) is 5.07. The van der Waals surface area contributed by atoms with Crippen LogP contribution in [0.25, 0.3) is 0 Å². The van der Waals surface area contributed by atoms with Crippen LogP contribution in [0, 0.1) is 0 Å². The summed E-state index contributed by atoms with van der Waals surface area (Å²) in [4.78, 5) is 33.7. The van der Waals surface area contributed by atoms with Crippen molar-refractivity contribution in [2.24, 2.45) is 0 Å². The van der Waals surface area contributed by atoms with Crippen LogP contribution < -0.4 is 25.6 Å². The molecule has 0 saturated heterocycles. The number of cyclic esters (lactones) is 1. The highest BCUT2D eigenvalue weighted by atomic mass is 35.5. The van der Waals surface area contributed by atoms with Crippen molar-refractivity contribution in [2.75, 3.05) is 36.2 Å². The number of amides is 2. The fourth-order valence-electron chi connectivity index (χ4n) is 3.10. The normalized spacial score (nSPS) is 13.0. The highest BCUT2D eigenvalue weighted by Gasteiger charge is 2.23. The van der Waals surface area contributed by atoms with E-state index in [-0.39, 0.29) is 43.5 Å². The molecule has 0 unspecified atom stereocenters. The molecule has 0 spiro atoms. The predicted octanol–water partition coefficient (Wildman–Crippen LogP) is 5.83. The fraction of sp³-hybridized carbons (Fsp3) is 0.200. The lowest BCUT2D eigenvalue weighted by molar-refractivity contribution is 0.159. The van der Waals surface area contributed by atoms with Crippen LogP contribution in [-0.4, -0.2) is 42.9 Å². The monoisotopic (exact) mass is 542 g/mol. The molecule has 178 valence electrons. The highest BCUT2D eigenvalue weighted by Crippen LogP contribution is 2.48. The molecule has 2 aromatic heterocycles. The minimum atomic E-state index is -0.712. The van der Waals surface area contributed by atoms with Crippen molar-refractivity contribution in [1.29, 1.82) is 0 Å². The van der Waals surface area contributed by atoms with Gasteiger partial charge >= 0.3 is 12.2 Å². The molecule has 0 aliphatic carbocycles. The first-order chi connectivity index (χ1) is 16.3. The molecule has 2 amide bonds. The summed E-state index contributed by atoms with van der Waals surface area (Å²) in [5.74, 6) is 0.505. The van der Waals surface area contributed by atoms with E-state index >= 15 is 0 Å². The second-order valence-electron chi connectivity index (χ2n) is 6.90. The van der Waals surface area contributed by atoms with E-state index in [1.807, 2.05) is 12.1 Å². The van der Waals surface area contributed by atoms with Crippen molar-refractivity contribution >= 4 is 87.2 Å². The van der Waals surface area contributed by atoms with Crippen molar-refractivity contribution < 1.29 is 19.1 Å². The Balaban J connectivity index is 1.59. The van der Waals surface area contributed by atoms with Crippen molar-refractivity contribution in [1.82, 2.24) is 15.3 Å². The van der Waals surface area contributed by atoms with Gasteiger partial charge in [-0.25, -0.2) is 14.6 Å². The zero-order valence-electron chi connectivity index (χ0n) is 17.7. The lowest BCUT2D eigenvalue weighted by atomic mass is 10.1. The van der Waals surface area contributed by atoms with Crippen LogP contribution in [0.1, 0.15) is 5.56 Å². The van der Waals surface area contributed by atoms with E-state index in [0.717, 1.165) is 22.6 Å². The quantitative estimate of drug-likeness (QED) is 0.368. The number of aromatic nitrogens is 2. The van der Waals surface area contributed by atoms with Crippen molar-refractivity contribution in [2.45, 2.75) is 6.42 Å². The number of ether oxygens (including phenoxy) is 2. The molecule has 0 radical (unpaired) electrons. The zero-order chi connectivity index (χ0) is 24.4. The molecule has 3 aromatic rings. The minimum absolute atomic E-state index is 0.0480. The molecule has 1 aliphatic rings. The topological polar surface area (TPSA) is 118 Å². The zero-order valence-corrected chi connectivity index (χ0v) is 20.8. The van der Waals surface area contributed by atoms with Gasteiger partial charge in [-0.15, -0.1) is 11.3 Å². The molecule has 14 heteroatoms. The number of nitrogens with zero attached hydrogens (tertiary/aromatic N) is 3. The Morgan fingerprint density at radius 3 is 2.79 bits per heavy atom. The summed E-state index contributed by atoms with van der Waals surface area (Å²) in [5, 5.41) is 8.62. The molecule has 1 aliphatic heterocycles. The summed E-state index contributed by atoms with van der Waals surface area (Å²) in [7, 11) is 3.08. The number of nitrogens with one attached hydrogen (secondary N) is 3. The molecule has 1 aromatic carbocycles. The average Bonchev–Trinajstić information content (AvgIpc) is 2.98. The number of carbonyl (C=O) groups is 2. The Labute approximate surface area is 213 Å². The summed E-state index contributed by atoms with van der Waals surface area (Å²) >= 11 is 19.7. The van der Waals surface area contributed by atoms with E-state index in [4.69, 9.17) is 44.3 Å². The van der Waals surface area contributed by atoms with Crippen LogP contribution in [0.4, 0.5) is 38.4 Å². The third-order valence-electron chi connectivity index (χ3n) is 4.74. The smallest absolute Gasteiger partial charge is 0.414 e. The molecular formula is C20H17Cl3N6O4S. The summed E-state index contributed by atoms with van der Waals surface area (Å²) < 4.78 is 10.8. The number of halogens is 3. The van der Waals surface area contributed by atoms with E-state index in [1.165, 1.54) is 18.1 Å². The van der Waals surface area contributed by atoms with Crippen LogP contribution in [-0.2, 0) is 11.2 Å². The van der Waals surface area contributed by atoms with Gasteiger partial charge in [-0.3, -0.25) is 4.90 Å². The van der Waals surface area contributed by atoms with E-state index in [0.29, 0.717) is 12.1 Å². The van der Waals surface area contributed by atoms with Gasteiger partial charge in [0.1, 0.15) is 19.4 Å². The van der Waals surface area contributed by atoms with Gasteiger partial charge in [0.05, 0.1) is 18.5 Å². The molecule has 3 heterocycles. The number of thiophene rings is 1. The molecule has 0 fully saturated rings. The molecular weight excluding hydrogens is 527 g/mol. The number of fused-ring (bicyclic) bond motifs is 1. The molecule has 3 N–H and O–H groups in total. The van der Waals surface area contributed by atoms with Gasteiger partial charge in [0.25, 0.3) is 0 Å². The first-order valence-corrected chi connectivity index (χ1v) is 11.7. The summed E-state index contributed by atoms with van der Waals surface area (Å²) in [6.45, 7) is 0.287. The fourth-order valence-corrected chi connectivity index (χ4v) is 4.73. The van der Waals surface area contributed by atoms with Crippen LogP contribution in [0.5, 0.6) is 5.75 Å². The number of carbonyl (C=O) groups excluding carboxylic acids is 2. The first kappa shape index (κ1) is 24.1. The molecule has 10 nitrogen and oxygen atoms in total. The van der Waals surface area contributed by atoms with Gasteiger partial charge in [0, 0.05) is 26.2 Å². The summed E-state index contributed by atoms with van der Waals surface area (Å²) in [6.07, 6.45) is 0.866. The van der Waals surface area contributed by atoms with Gasteiger partial charge in [-0.2, -0.15) is 4.98 Å². The van der Waals surface area contributed by atoms with E-state index in [9.17, 15) is 9.59 Å². The summed E-state index contributed by atoms with van der Waals surface area (Å²) in [6, 6.07) is 5.50. The van der Waals surface area contributed by atoms with Crippen LogP contribution >= 0.6 is 46.1 Å². The maximum absolute atomic E-state index is 11.9. The van der Waals surface area contributed by atoms with E-state index in [1.54, 1.807) is 13.1 Å². The number of anilines is 5. The largest absolute Gasteiger partial charge is 0.449 e. The van der Waals surface area contributed by atoms with Gasteiger partial charge in [-0.05, 0) is 23.8 Å². The maximum atomic E-state index is 11.9. The van der Waals surface area contributed by atoms with Crippen molar-refractivity contribution in [3.63, 3.8) is 0 Å². The molecule has 0 bridgehead atoms. The lowest BCUT2D eigenvalue weighted by Crippen LogP contribution is -2.25. The summed E-state index contributed by atoms with van der Waals surface area (Å²) in [5.41, 5.74) is 2.64. The Kier molecular flexibility index (Phi) is 7.17.